The fourth-order valence-electron chi connectivity index (χ4n) is 1.43. The molecule has 0 aliphatic heterocycles. The van der Waals surface area contributed by atoms with E-state index >= 15 is 0 Å². The van der Waals surface area contributed by atoms with Gasteiger partial charge in [0.1, 0.15) is 0 Å². The lowest BCUT2D eigenvalue weighted by molar-refractivity contribution is -0.143. The molecule has 1 amide bonds. The molecule has 1 rings (SSSR count). The van der Waals surface area contributed by atoms with E-state index in [2.05, 4.69) is 5.32 Å². The quantitative estimate of drug-likeness (QED) is 0.649. The topological polar surface area (TPSA) is 55.4 Å². The van der Waals surface area contributed by atoms with Gasteiger partial charge in [-0.2, -0.15) is 0 Å². The molecule has 0 saturated heterocycles. The Morgan fingerprint density at radius 1 is 1.38 bits per heavy atom. The molecule has 1 aromatic carbocycles. The Balaban J connectivity index is 2.41. The zero-order valence-corrected chi connectivity index (χ0v) is 13.2. The Labute approximate surface area is 130 Å². The first kappa shape index (κ1) is 17.2. The van der Waals surface area contributed by atoms with E-state index in [-0.39, 0.29) is 12.5 Å². The Hall–Kier alpha value is -1.81. The Kier molecular flexibility index (Phi) is 6.96. The number of rotatable bonds is 6. The van der Waals surface area contributed by atoms with Gasteiger partial charge >= 0.3 is 5.97 Å². The molecular formula is C16H20ClNO3. The summed E-state index contributed by atoms with van der Waals surface area (Å²) in [7, 11) is 0. The second-order valence-electron chi connectivity index (χ2n) is 5.15. The Morgan fingerprint density at radius 2 is 2.10 bits per heavy atom. The molecule has 0 aromatic heterocycles. The molecule has 0 radical (unpaired) electrons. The van der Waals surface area contributed by atoms with Crippen LogP contribution in [0.5, 0.6) is 0 Å². The van der Waals surface area contributed by atoms with Crippen molar-refractivity contribution in [2.24, 2.45) is 5.92 Å². The standard InChI is InChI=1S/C16H20ClNO3/c1-11(2)9-18-15(19)10-21-16(20)7-6-13-5-4-12(3)14(17)8-13/h4-8,11H,9-10H2,1-3H3,(H,18,19)/b7-6+. The van der Waals surface area contributed by atoms with Gasteiger partial charge in [-0.05, 0) is 36.1 Å². The number of carbonyl (C=O) groups is 2. The average Bonchev–Trinajstić information content (AvgIpc) is 2.44. The highest BCUT2D eigenvalue weighted by Gasteiger charge is 2.05. The number of aryl methyl sites for hydroxylation is 1. The van der Waals surface area contributed by atoms with Gasteiger partial charge in [-0.25, -0.2) is 4.79 Å². The minimum absolute atomic E-state index is 0.273. The van der Waals surface area contributed by atoms with Gasteiger partial charge in [-0.3, -0.25) is 4.79 Å². The number of halogens is 1. The van der Waals surface area contributed by atoms with Crippen LogP contribution >= 0.6 is 11.6 Å². The van der Waals surface area contributed by atoms with Gasteiger partial charge in [0.2, 0.25) is 0 Å². The molecule has 0 aliphatic carbocycles. The van der Waals surface area contributed by atoms with Gasteiger partial charge in [0.25, 0.3) is 5.91 Å². The molecule has 4 nitrogen and oxygen atoms in total. The molecule has 0 heterocycles. The van der Waals surface area contributed by atoms with Crippen LogP contribution in [0.15, 0.2) is 24.3 Å². The number of benzene rings is 1. The van der Waals surface area contributed by atoms with Gasteiger partial charge in [-0.15, -0.1) is 0 Å². The highest BCUT2D eigenvalue weighted by Crippen LogP contribution is 2.17. The number of carbonyl (C=O) groups excluding carboxylic acids is 2. The summed E-state index contributed by atoms with van der Waals surface area (Å²) >= 11 is 5.99. The van der Waals surface area contributed by atoms with Gasteiger partial charge in [-0.1, -0.05) is 37.6 Å². The van der Waals surface area contributed by atoms with Crippen molar-refractivity contribution in [3.63, 3.8) is 0 Å². The zero-order valence-electron chi connectivity index (χ0n) is 12.5. The van der Waals surface area contributed by atoms with Crippen molar-refractivity contribution >= 4 is 29.6 Å². The number of nitrogens with one attached hydrogen (secondary N) is 1. The van der Waals surface area contributed by atoms with E-state index in [4.69, 9.17) is 16.3 Å². The first-order valence-electron chi connectivity index (χ1n) is 6.76. The van der Waals surface area contributed by atoms with E-state index in [0.29, 0.717) is 17.5 Å². The van der Waals surface area contributed by atoms with Crippen LogP contribution in [0.1, 0.15) is 25.0 Å². The van der Waals surface area contributed by atoms with Crippen LogP contribution in [0.25, 0.3) is 6.08 Å². The summed E-state index contributed by atoms with van der Waals surface area (Å²) < 4.78 is 4.84. The highest BCUT2D eigenvalue weighted by molar-refractivity contribution is 6.31. The summed E-state index contributed by atoms with van der Waals surface area (Å²) in [6.45, 7) is 6.17. The number of hydrogen-bond acceptors (Lipinski definition) is 3. The largest absolute Gasteiger partial charge is 0.452 e. The van der Waals surface area contributed by atoms with Crippen molar-refractivity contribution in [2.75, 3.05) is 13.2 Å². The molecule has 0 spiro atoms. The van der Waals surface area contributed by atoms with Crippen LogP contribution in [-0.4, -0.2) is 25.0 Å². The summed E-state index contributed by atoms with van der Waals surface area (Å²) in [5, 5.41) is 3.30. The lowest BCUT2D eigenvalue weighted by atomic mass is 10.1. The van der Waals surface area contributed by atoms with Crippen LogP contribution in [0.3, 0.4) is 0 Å². The van der Waals surface area contributed by atoms with Crippen molar-refractivity contribution in [1.29, 1.82) is 0 Å². The van der Waals surface area contributed by atoms with Crippen molar-refractivity contribution in [1.82, 2.24) is 5.32 Å². The fraction of sp³-hybridized carbons (Fsp3) is 0.375. The minimum Gasteiger partial charge on any atom is -0.452 e. The fourth-order valence-corrected chi connectivity index (χ4v) is 1.62. The third-order valence-corrected chi connectivity index (χ3v) is 3.07. The van der Waals surface area contributed by atoms with Crippen LogP contribution < -0.4 is 5.32 Å². The van der Waals surface area contributed by atoms with Gasteiger partial charge in [0.05, 0.1) is 0 Å². The lowest BCUT2D eigenvalue weighted by Gasteiger charge is -2.07. The molecule has 0 unspecified atom stereocenters. The zero-order chi connectivity index (χ0) is 15.8. The number of amides is 1. The van der Waals surface area contributed by atoms with E-state index in [9.17, 15) is 9.59 Å². The van der Waals surface area contributed by atoms with E-state index in [1.807, 2.05) is 32.9 Å². The number of esters is 1. The van der Waals surface area contributed by atoms with Crippen molar-refractivity contribution in [2.45, 2.75) is 20.8 Å². The molecule has 0 bridgehead atoms. The second kappa shape index (κ2) is 8.47. The lowest BCUT2D eigenvalue weighted by Crippen LogP contribution is -2.31. The molecule has 0 atom stereocenters. The van der Waals surface area contributed by atoms with Crippen molar-refractivity contribution in [3.8, 4) is 0 Å². The summed E-state index contributed by atoms with van der Waals surface area (Å²) in [6, 6.07) is 5.48. The molecule has 5 heteroatoms. The maximum atomic E-state index is 11.5. The smallest absolute Gasteiger partial charge is 0.331 e. The number of ether oxygens (including phenoxy) is 1. The summed E-state index contributed by atoms with van der Waals surface area (Å²) in [4.78, 5) is 22.9. The highest BCUT2D eigenvalue weighted by atomic mass is 35.5. The molecule has 0 saturated carbocycles. The van der Waals surface area contributed by atoms with Crippen molar-refractivity contribution in [3.05, 3.63) is 40.4 Å². The third-order valence-electron chi connectivity index (χ3n) is 2.66. The normalized spacial score (nSPS) is 10.9. The number of hydrogen-bond donors (Lipinski definition) is 1. The van der Waals surface area contributed by atoms with Crippen LogP contribution in [0, 0.1) is 12.8 Å². The maximum absolute atomic E-state index is 11.5. The first-order chi connectivity index (χ1) is 9.88. The molecule has 0 fully saturated rings. The predicted octanol–water partition coefficient (Wildman–Crippen LogP) is 2.98. The first-order valence-corrected chi connectivity index (χ1v) is 7.14. The Morgan fingerprint density at radius 3 is 2.71 bits per heavy atom. The predicted molar refractivity (Wildman–Crippen MR) is 84.0 cm³/mol. The maximum Gasteiger partial charge on any atom is 0.331 e. The van der Waals surface area contributed by atoms with Crippen LogP contribution in [0.2, 0.25) is 5.02 Å². The third kappa shape index (κ3) is 6.95. The van der Waals surface area contributed by atoms with E-state index in [1.54, 1.807) is 12.1 Å². The minimum atomic E-state index is -0.564. The van der Waals surface area contributed by atoms with Gasteiger partial charge in [0.15, 0.2) is 6.61 Å². The summed E-state index contributed by atoms with van der Waals surface area (Å²) in [6.07, 6.45) is 2.87. The van der Waals surface area contributed by atoms with Crippen molar-refractivity contribution < 1.29 is 14.3 Å². The summed E-state index contributed by atoms with van der Waals surface area (Å²) in [5.41, 5.74) is 1.77. The van der Waals surface area contributed by atoms with Crippen LogP contribution in [0.4, 0.5) is 0 Å². The van der Waals surface area contributed by atoms with Gasteiger partial charge in [0, 0.05) is 17.6 Å². The van der Waals surface area contributed by atoms with E-state index < -0.39 is 5.97 Å². The molecule has 0 aliphatic rings. The Bertz CT molecular complexity index is 538. The second-order valence-corrected chi connectivity index (χ2v) is 5.55. The van der Waals surface area contributed by atoms with Gasteiger partial charge < -0.3 is 10.1 Å². The average molecular weight is 310 g/mol. The molecule has 1 N–H and O–H groups in total. The molecule has 1 aromatic rings. The van der Waals surface area contributed by atoms with E-state index in [0.717, 1.165) is 11.1 Å². The molecule has 21 heavy (non-hydrogen) atoms. The monoisotopic (exact) mass is 309 g/mol. The molecule has 114 valence electrons. The summed E-state index contributed by atoms with van der Waals surface area (Å²) in [5.74, 6) is -0.508. The SMILES string of the molecule is Cc1ccc(/C=C/C(=O)OCC(=O)NCC(C)C)cc1Cl. The molecular weight excluding hydrogens is 290 g/mol. The van der Waals surface area contributed by atoms with E-state index in [1.165, 1.54) is 6.08 Å². The van der Waals surface area contributed by atoms with Crippen LogP contribution in [-0.2, 0) is 14.3 Å².